The number of rotatable bonds is 5. The molecule has 2 aromatic heterocycles. The van der Waals surface area contributed by atoms with Gasteiger partial charge in [0, 0.05) is 31.0 Å². The van der Waals surface area contributed by atoms with Gasteiger partial charge in [0.05, 0.1) is 38.3 Å². The van der Waals surface area contributed by atoms with Gasteiger partial charge in [-0.05, 0) is 23.8 Å². The molecule has 3 aromatic rings. The lowest BCUT2D eigenvalue weighted by Crippen LogP contribution is -2.39. The molecule has 0 unspecified atom stereocenters. The molecule has 0 radical (unpaired) electrons. The molecule has 134 valence electrons. The van der Waals surface area contributed by atoms with Crippen LogP contribution in [-0.4, -0.2) is 46.7 Å². The molecule has 0 aliphatic carbocycles. The van der Waals surface area contributed by atoms with Crippen molar-refractivity contribution < 1.29 is 9.47 Å². The molecule has 1 fully saturated rings. The zero-order valence-corrected chi connectivity index (χ0v) is 14.8. The second-order valence-electron chi connectivity index (χ2n) is 6.34. The van der Waals surface area contributed by atoms with Crippen molar-refractivity contribution in [2.45, 2.75) is 12.6 Å². The van der Waals surface area contributed by atoms with E-state index in [1.54, 1.807) is 13.3 Å². The Morgan fingerprint density at radius 2 is 2.23 bits per heavy atom. The molecule has 1 aromatic carbocycles. The molecule has 1 aliphatic rings. The van der Waals surface area contributed by atoms with E-state index in [0.717, 1.165) is 42.5 Å². The molecule has 1 atom stereocenters. The van der Waals surface area contributed by atoms with Crippen molar-refractivity contribution >= 4 is 0 Å². The van der Waals surface area contributed by atoms with Crippen LogP contribution in [0, 0.1) is 0 Å². The first-order valence-electron chi connectivity index (χ1n) is 8.73. The Kier molecular flexibility index (Phi) is 4.95. The fourth-order valence-electron chi connectivity index (χ4n) is 3.25. The van der Waals surface area contributed by atoms with Gasteiger partial charge in [0.25, 0.3) is 0 Å². The van der Waals surface area contributed by atoms with Crippen LogP contribution in [0.2, 0.25) is 0 Å². The fraction of sp³-hybridized carbons (Fsp3) is 0.300. The first-order chi connectivity index (χ1) is 12.8. The SMILES string of the molecule is COc1cccc(-c2cnc([C@@H]3COCCN3Cc3cccnc3)[nH]2)c1. The van der Waals surface area contributed by atoms with E-state index in [2.05, 4.69) is 25.9 Å². The summed E-state index contributed by atoms with van der Waals surface area (Å²) in [6.45, 7) is 3.07. The minimum absolute atomic E-state index is 0.100. The van der Waals surface area contributed by atoms with E-state index >= 15 is 0 Å². The minimum atomic E-state index is 0.100. The van der Waals surface area contributed by atoms with E-state index < -0.39 is 0 Å². The van der Waals surface area contributed by atoms with E-state index in [0.29, 0.717) is 6.61 Å². The number of aromatic amines is 1. The number of methoxy groups -OCH3 is 1. The van der Waals surface area contributed by atoms with Gasteiger partial charge in [-0.25, -0.2) is 4.98 Å². The Labute approximate surface area is 152 Å². The number of nitrogens with zero attached hydrogens (tertiary/aromatic N) is 3. The normalized spacial score (nSPS) is 18.0. The van der Waals surface area contributed by atoms with E-state index in [-0.39, 0.29) is 6.04 Å². The summed E-state index contributed by atoms with van der Waals surface area (Å²) in [6, 6.07) is 12.1. The smallest absolute Gasteiger partial charge is 0.126 e. The first kappa shape index (κ1) is 16.8. The quantitative estimate of drug-likeness (QED) is 0.766. The van der Waals surface area contributed by atoms with Gasteiger partial charge in [0.15, 0.2) is 0 Å². The molecule has 26 heavy (non-hydrogen) atoms. The minimum Gasteiger partial charge on any atom is -0.497 e. The molecular weight excluding hydrogens is 328 g/mol. The van der Waals surface area contributed by atoms with E-state index in [1.165, 1.54) is 5.56 Å². The fourth-order valence-corrected chi connectivity index (χ4v) is 3.25. The van der Waals surface area contributed by atoms with Crippen LogP contribution in [0.4, 0.5) is 0 Å². The molecule has 0 amide bonds. The number of hydrogen-bond donors (Lipinski definition) is 1. The first-order valence-corrected chi connectivity index (χ1v) is 8.73. The number of imidazole rings is 1. The van der Waals surface area contributed by atoms with Gasteiger partial charge in [-0.3, -0.25) is 9.88 Å². The standard InChI is InChI=1S/C20H22N4O2/c1-25-17-6-2-5-16(10-17)18-12-22-20(23-18)19-14-26-9-8-24(19)13-15-4-3-7-21-11-15/h2-7,10-12,19H,8-9,13-14H2,1H3,(H,22,23)/t19-/m0/s1. The number of morpholine rings is 1. The van der Waals surface area contributed by atoms with Crippen molar-refractivity contribution in [3.8, 4) is 17.0 Å². The highest BCUT2D eigenvalue weighted by molar-refractivity contribution is 5.60. The Balaban J connectivity index is 1.56. The average Bonchev–Trinajstić information content (AvgIpc) is 3.19. The second kappa shape index (κ2) is 7.68. The van der Waals surface area contributed by atoms with Crippen LogP contribution in [0.15, 0.2) is 55.0 Å². The third-order valence-corrected chi connectivity index (χ3v) is 4.64. The van der Waals surface area contributed by atoms with Crippen LogP contribution in [0.3, 0.4) is 0 Å². The van der Waals surface area contributed by atoms with Crippen molar-refractivity contribution in [1.82, 2.24) is 19.9 Å². The Morgan fingerprint density at radius 3 is 3.08 bits per heavy atom. The molecule has 1 N–H and O–H groups in total. The van der Waals surface area contributed by atoms with Crippen molar-refractivity contribution in [1.29, 1.82) is 0 Å². The van der Waals surface area contributed by atoms with Gasteiger partial charge < -0.3 is 14.5 Å². The highest BCUT2D eigenvalue weighted by Gasteiger charge is 2.27. The summed E-state index contributed by atoms with van der Waals surface area (Å²) in [5.41, 5.74) is 3.23. The maximum absolute atomic E-state index is 5.72. The van der Waals surface area contributed by atoms with Crippen molar-refractivity contribution in [2.24, 2.45) is 0 Å². The Morgan fingerprint density at radius 1 is 1.27 bits per heavy atom. The van der Waals surface area contributed by atoms with Gasteiger partial charge in [0.1, 0.15) is 11.6 Å². The molecule has 6 heteroatoms. The topological polar surface area (TPSA) is 63.3 Å². The van der Waals surface area contributed by atoms with Gasteiger partial charge in [-0.1, -0.05) is 18.2 Å². The van der Waals surface area contributed by atoms with Gasteiger partial charge in [0.2, 0.25) is 0 Å². The monoisotopic (exact) mass is 350 g/mol. The predicted octanol–water partition coefficient (Wildman–Crippen LogP) is 3.05. The van der Waals surface area contributed by atoms with Crippen LogP contribution >= 0.6 is 0 Å². The van der Waals surface area contributed by atoms with Crippen LogP contribution < -0.4 is 4.74 Å². The molecule has 0 bridgehead atoms. The molecule has 0 saturated carbocycles. The predicted molar refractivity (Wildman–Crippen MR) is 98.8 cm³/mol. The maximum Gasteiger partial charge on any atom is 0.126 e. The summed E-state index contributed by atoms with van der Waals surface area (Å²) < 4.78 is 11.0. The third kappa shape index (κ3) is 3.61. The molecule has 4 rings (SSSR count). The van der Waals surface area contributed by atoms with E-state index in [1.807, 2.05) is 42.7 Å². The lowest BCUT2D eigenvalue weighted by molar-refractivity contribution is -0.0156. The molecule has 1 saturated heterocycles. The second-order valence-corrected chi connectivity index (χ2v) is 6.34. The lowest BCUT2D eigenvalue weighted by atomic mass is 10.1. The van der Waals surface area contributed by atoms with Crippen LogP contribution in [0.25, 0.3) is 11.3 Å². The van der Waals surface area contributed by atoms with Crippen LogP contribution in [0.1, 0.15) is 17.4 Å². The lowest BCUT2D eigenvalue weighted by Gasteiger charge is -2.34. The summed E-state index contributed by atoms with van der Waals surface area (Å²) in [5, 5.41) is 0. The maximum atomic E-state index is 5.72. The summed E-state index contributed by atoms with van der Waals surface area (Å²) in [7, 11) is 1.67. The van der Waals surface area contributed by atoms with Crippen LogP contribution in [0.5, 0.6) is 5.75 Å². The zero-order chi connectivity index (χ0) is 17.8. The van der Waals surface area contributed by atoms with Gasteiger partial charge in [-0.15, -0.1) is 0 Å². The number of nitrogens with one attached hydrogen (secondary N) is 1. The van der Waals surface area contributed by atoms with Crippen molar-refractivity contribution in [2.75, 3.05) is 26.9 Å². The average molecular weight is 350 g/mol. The number of H-pyrrole nitrogens is 1. The van der Waals surface area contributed by atoms with Crippen LogP contribution in [-0.2, 0) is 11.3 Å². The number of benzene rings is 1. The molecule has 3 heterocycles. The summed E-state index contributed by atoms with van der Waals surface area (Å²) in [6.07, 6.45) is 5.59. The van der Waals surface area contributed by atoms with E-state index in [4.69, 9.17) is 9.47 Å². The zero-order valence-electron chi connectivity index (χ0n) is 14.8. The molecule has 0 spiro atoms. The summed E-state index contributed by atoms with van der Waals surface area (Å²) >= 11 is 0. The largest absolute Gasteiger partial charge is 0.497 e. The molecule has 6 nitrogen and oxygen atoms in total. The number of aromatic nitrogens is 3. The van der Waals surface area contributed by atoms with Gasteiger partial charge in [-0.2, -0.15) is 0 Å². The number of hydrogen-bond acceptors (Lipinski definition) is 5. The highest BCUT2D eigenvalue weighted by atomic mass is 16.5. The van der Waals surface area contributed by atoms with Crippen molar-refractivity contribution in [3.05, 3.63) is 66.4 Å². The highest BCUT2D eigenvalue weighted by Crippen LogP contribution is 2.27. The van der Waals surface area contributed by atoms with Crippen molar-refractivity contribution in [3.63, 3.8) is 0 Å². The molecule has 1 aliphatic heterocycles. The van der Waals surface area contributed by atoms with E-state index in [9.17, 15) is 0 Å². The number of pyridine rings is 1. The Hall–Kier alpha value is -2.70. The van der Waals surface area contributed by atoms with Gasteiger partial charge >= 0.3 is 0 Å². The Bertz CT molecular complexity index is 850. The summed E-state index contributed by atoms with van der Waals surface area (Å²) in [4.78, 5) is 14.7. The molecular formula is C20H22N4O2. The number of ether oxygens (including phenoxy) is 2. The third-order valence-electron chi connectivity index (χ3n) is 4.64. The summed E-state index contributed by atoms with van der Waals surface area (Å²) in [5.74, 6) is 1.75.